The minimum absolute atomic E-state index is 0.00356. The summed E-state index contributed by atoms with van der Waals surface area (Å²) in [6.07, 6.45) is 0.809. The molecule has 0 aliphatic carbocycles. The van der Waals surface area contributed by atoms with Gasteiger partial charge in [-0.25, -0.2) is 0 Å². The highest BCUT2D eigenvalue weighted by Crippen LogP contribution is 2.25. The third-order valence-corrected chi connectivity index (χ3v) is 3.64. The van der Waals surface area contributed by atoms with E-state index >= 15 is 0 Å². The number of amides is 2. The summed E-state index contributed by atoms with van der Waals surface area (Å²) >= 11 is 0. The van der Waals surface area contributed by atoms with Gasteiger partial charge >= 0.3 is 0 Å². The quantitative estimate of drug-likeness (QED) is 0.908. The molecule has 1 aliphatic heterocycles. The van der Waals surface area contributed by atoms with E-state index in [1.54, 1.807) is 4.90 Å². The normalized spacial score (nSPS) is 18.2. The van der Waals surface area contributed by atoms with Gasteiger partial charge in [-0.3, -0.25) is 9.59 Å². The van der Waals surface area contributed by atoms with Crippen LogP contribution in [-0.4, -0.2) is 31.0 Å². The number of rotatable bonds is 5. The number of benzene rings is 1. The van der Waals surface area contributed by atoms with Crippen LogP contribution in [0.15, 0.2) is 24.3 Å². The molecule has 1 aromatic rings. The van der Waals surface area contributed by atoms with Crippen molar-refractivity contribution in [2.24, 2.45) is 5.41 Å². The lowest BCUT2D eigenvalue weighted by Gasteiger charge is -2.20. The van der Waals surface area contributed by atoms with E-state index in [4.69, 9.17) is 4.74 Å². The second-order valence-electron chi connectivity index (χ2n) is 7.14. The Labute approximate surface area is 138 Å². The van der Waals surface area contributed by atoms with E-state index in [1.807, 2.05) is 52.0 Å². The number of carbonyl (C=O) groups is 2. The van der Waals surface area contributed by atoms with E-state index in [1.165, 1.54) is 0 Å². The molecule has 5 heteroatoms. The first-order valence-corrected chi connectivity index (χ1v) is 8.11. The molecule has 0 saturated carbocycles. The monoisotopic (exact) mass is 318 g/mol. The SMILES string of the molecule is CCOc1ccc(N2C[C@@H](NC(=O)CC(C)(C)C)CC2=O)cc1. The zero-order chi connectivity index (χ0) is 17.0. The van der Waals surface area contributed by atoms with Crippen molar-refractivity contribution in [3.63, 3.8) is 0 Å². The standard InChI is InChI=1S/C18H26N2O3/c1-5-23-15-8-6-14(7-9-15)20-12-13(10-17(20)22)19-16(21)11-18(2,3)4/h6-9,13H,5,10-12H2,1-4H3,(H,19,21)/t13-/m0/s1. The fraction of sp³-hybridized carbons (Fsp3) is 0.556. The average Bonchev–Trinajstić information content (AvgIpc) is 2.78. The summed E-state index contributed by atoms with van der Waals surface area (Å²) in [5.74, 6) is 0.831. The third kappa shape index (κ3) is 4.98. The molecule has 126 valence electrons. The van der Waals surface area contributed by atoms with Gasteiger partial charge in [-0.05, 0) is 36.6 Å². The topological polar surface area (TPSA) is 58.6 Å². The van der Waals surface area contributed by atoms with Gasteiger partial charge in [0.05, 0.1) is 12.6 Å². The predicted octanol–water partition coefficient (Wildman–Crippen LogP) is 2.74. The van der Waals surface area contributed by atoms with Crippen LogP contribution in [0.1, 0.15) is 40.5 Å². The molecule has 1 saturated heterocycles. The summed E-state index contributed by atoms with van der Waals surface area (Å²) in [5, 5.41) is 2.97. The molecule has 0 unspecified atom stereocenters. The summed E-state index contributed by atoms with van der Waals surface area (Å²) in [6.45, 7) is 9.14. The van der Waals surface area contributed by atoms with Crippen LogP contribution in [0.4, 0.5) is 5.69 Å². The summed E-state index contributed by atoms with van der Waals surface area (Å²) in [7, 11) is 0. The smallest absolute Gasteiger partial charge is 0.229 e. The molecule has 1 atom stereocenters. The molecule has 2 amide bonds. The van der Waals surface area contributed by atoms with Gasteiger partial charge in [-0.15, -0.1) is 0 Å². The maximum Gasteiger partial charge on any atom is 0.229 e. The lowest BCUT2D eigenvalue weighted by molar-refractivity contribution is -0.123. The number of hydrogen-bond donors (Lipinski definition) is 1. The molecular weight excluding hydrogens is 292 g/mol. The molecular formula is C18H26N2O3. The minimum atomic E-state index is -0.121. The highest BCUT2D eigenvalue weighted by molar-refractivity contribution is 5.96. The molecule has 23 heavy (non-hydrogen) atoms. The summed E-state index contributed by atoms with van der Waals surface area (Å²) in [4.78, 5) is 25.9. The van der Waals surface area contributed by atoms with Gasteiger partial charge in [0.2, 0.25) is 11.8 Å². The van der Waals surface area contributed by atoms with Crippen molar-refractivity contribution >= 4 is 17.5 Å². The molecule has 0 radical (unpaired) electrons. The first-order chi connectivity index (χ1) is 10.8. The number of ether oxygens (including phenoxy) is 1. The van der Waals surface area contributed by atoms with Crippen LogP contribution in [0.3, 0.4) is 0 Å². The molecule has 5 nitrogen and oxygen atoms in total. The van der Waals surface area contributed by atoms with E-state index in [0.717, 1.165) is 11.4 Å². The van der Waals surface area contributed by atoms with Gasteiger partial charge in [0.25, 0.3) is 0 Å². The highest BCUT2D eigenvalue weighted by Gasteiger charge is 2.32. The van der Waals surface area contributed by atoms with Crippen LogP contribution in [0.25, 0.3) is 0 Å². The van der Waals surface area contributed by atoms with Crippen molar-refractivity contribution in [2.45, 2.75) is 46.6 Å². The first-order valence-electron chi connectivity index (χ1n) is 8.11. The number of carbonyl (C=O) groups excluding carboxylic acids is 2. The predicted molar refractivity (Wildman–Crippen MR) is 90.6 cm³/mol. The Morgan fingerprint density at radius 1 is 1.30 bits per heavy atom. The van der Waals surface area contributed by atoms with Gasteiger partial charge < -0.3 is 15.0 Å². The number of nitrogens with one attached hydrogen (secondary N) is 1. The molecule has 1 N–H and O–H groups in total. The summed E-state index contributed by atoms with van der Waals surface area (Å²) < 4.78 is 5.41. The van der Waals surface area contributed by atoms with Crippen LogP contribution in [0, 0.1) is 5.41 Å². The van der Waals surface area contributed by atoms with Crippen molar-refractivity contribution in [2.75, 3.05) is 18.1 Å². The number of hydrogen-bond acceptors (Lipinski definition) is 3. The number of anilines is 1. The lowest BCUT2D eigenvalue weighted by Crippen LogP contribution is -2.38. The Balaban J connectivity index is 1.95. The Morgan fingerprint density at radius 3 is 2.52 bits per heavy atom. The van der Waals surface area contributed by atoms with Gasteiger partial charge in [0.1, 0.15) is 5.75 Å². The van der Waals surface area contributed by atoms with Crippen LogP contribution in [0.5, 0.6) is 5.75 Å². The van der Waals surface area contributed by atoms with Crippen molar-refractivity contribution in [3.8, 4) is 5.75 Å². The van der Waals surface area contributed by atoms with Crippen LogP contribution in [-0.2, 0) is 9.59 Å². The molecule has 0 spiro atoms. The van der Waals surface area contributed by atoms with E-state index in [0.29, 0.717) is 26.0 Å². The van der Waals surface area contributed by atoms with Crippen LogP contribution >= 0.6 is 0 Å². The fourth-order valence-electron chi connectivity index (χ4n) is 2.70. The Kier molecular flexibility index (Phi) is 5.29. The second-order valence-corrected chi connectivity index (χ2v) is 7.14. The maximum absolute atomic E-state index is 12.2. The Morgan fingerprint density at radius 2 is 1.96 bits per heavy atom. The van der Waals surface area contributed by atoms with E-state index in [2.05, 4.69) is 5.32 Å². The minimum Gasteiger partial charge on any atom is -0.494 e. The van der Waals surface area contributed by atoms with E-state index < -0.39 is 0 Å². The van der Waals surface area contributed by atoms with E-state index in [9.17, 15) is 9.59 Å². The van der Waals surface area contributed by atoms with Crippen molar-refractivity contribution in [3.05, 3.63) is 24.3 Å². The third-order valence-electron chi connectivity index (χ3n) is 3.64. The second kappa shape index (κ2) is 7.02. The molecule has 2 rings (SSSR count). The molecule has 0 aromatic heterocycles. The molecule has 1 aromatic carbocycles. The number of nitrogens with zero attached hydrogens (tertiary/aromatic N) is 1. The Bertz CT molecular complexity index is 561. The first kappa shape index (κ1) is 17.3. The van der Waals surface area contributed by atoms with Crippen LogP contribution < -0.4 is 15.0 Å². The van der Waals surface area contributed by atoms with Gasteiger partial charge in [0.15, 0.2) is 0 Å². The van der Waals surface area contributed by atoms with Crippen molar-refractivity contribution < 1.29 is 14.3 Å². The fourth-order valence-corrected chi connectivity index (χ4v) is 2.70. The zero-order valence-electron chi connectivity index (χ0n) is 14.4. The highest BCUT2D eigenvalue weighted by atomic mass is 16.5. The molecule has 1 fully saturated rings. The summed E-state index contributed by atoms with van der Waals surface area (Å²) in [5.41, 5.74) is 0.785. The molecule has 0 bridgehead atoms. The van der Waals surface area contributed by atoms with Gasteiger partial charge in [0, 0.05) is 25.1 Å². The molecule has 1 aliphatic rings. The molecule has 1 heterocycles. The van der Waals surface area contributed by atoms with E-state index in [-0.39, 0.29) is 23.3 Å². The average molecular weight is 318 g/mol. The Hall–Kier alpha value is -2.04. The van der Waals surface area contributed by atoms with Crippen LogP contribution in [0.2, 0.25) is 0 Å². The zero-order valence-corrected chi connectivity index (χ0v) is 14.4. The maximum atomic E-state index is 12.2. The van der Waals surface area contributed by atoms with Gasteiger partial charge in [-0.2, -0.15) is 0 Å². The lowest BCUT2D eigenvalue weighted by atomic mass is 9.92. The van der Waals surface area contributed by atoms with Crippen molar-refractivity contribution in [1.29, 1.82) is 0 Å². The van der Waals surface area contributed by atoms with Gasteiger partial charge in [-0.1, -0.05) is 20.8 Å². The largest absolute Gasteiger partial charge is 0.494 e. The summed E-state index contributed by atoms with van der Waals surface area (Å²) in [6, 6.07) is 7.35. The van der Waals surface area contributed by atoms with Crippen molar-refractivity contribution in [1.82, 2.24) is 5.32 Å².